The summed E-state index contributed by atoms with van der Waals surface area (Å²) >= 11 is 7.50. The van der Waals surface area contributed by atoms with E-state index in [-0.39, 0.29) is 0 Å². The van der Waals surface area contributed by atoms with Crippen molar-refractivity contribution in [2.75, 3.05) is 0 Å². The lowest BCUT2D eigenvalue weighted by atomic mass is 10.1. The summed E-state index contributed by atoms with van der Waals surface area (Å²) in [6, 6.07) is 11.8. The minimum atomic E-state index is 0.307. The lowest BCUT2D eigenvalue weighted by Crippen LogP contribution is -2.02. The summed E-state index contributed by atoms with van der Waals surface area (Å²) in [5, 5.41) is 8.51. The first-order valence-corrected chi connectivity index (χ1v) is 8.85. The van der Waals surface area contributed by atoms with Gasteiger partial charge >= 0.3 is 0 Å². The molecule has 0 unspecified atom stereocenters. The Labute approximate surface area is 153 Å². The van der Waals surface area contributed by atoms with Gasteiger partial charge in [0.15, 0.2) is 0 Å². The molecule has 3 heterocycles. The van der Waals surface area contributed by atoms with Crippen molar-refractivity contribution in [3.05, 3.63) is 57.0 Å². The van der Waals surface area contributed by atoms with Crippen molar-refractivity contribution in [2.45, 2.75) is 20.4 Å². The highest BCUT2D eigenvalue weighted by Gasteiger charge is 2.17. The molecule has 0 saturated heterocycles. The molecule has 0 bridgehead atoms. The van der Waals surface area contributed by atoms with Crippen molar-refractivity contribution in [1.29, 1.82) is 0 Å². The Hall–Kier alpha value is -2.51. The maximum atomic E-state index is 5.98. The Morgan fingerprint density at radius 3 is 2.56 bits per heavy atom. The SMILES string of the molecule is Cc1ccc(-c2noc(-c3nc(C)n(Cc4ccc(Cl)s4)n3)n2)cc1. The van der Waals surface area contributed by atoms with E-state index in [9.17, 15) is 0 Å². The predicted molar refractivity (Wildman–Crippen MR) is 96.7 cm³/mol. The van der Waals surface area contributed by atoms with E-state index in [1.165, 1.54) is 16.9 Å². The van der Waals surface area contributed by atoms with E-state index in [0.29, 0.717) is 24.1 Å². The Balaban J connectivity index is 1.60. The minimum Gasteiger partial charge on any atom is -0.330 e. The van der Waals surface area contributed by atoms with E-state index in [1.54, 1.807) is 4.68 Å². The highest BCUT2D eigenvalue weighted by atomic mass is 35.5. The maximum absolute atomic E-state index is 5.98. The van der Waals surface area contributed by atoms with Crippen LogP contribution in [0.2, 0.25) is 4.34 Å². The van der Waals surface area contributed by atoms with E-state index < -0.39 is 0 Å². The van der Waals surface area contributed by atoms with Gasteiger partial charge in [0, 0.05) is 10.4 Å². The molecule has 0 spiro atoms. The molecular formula is C17H14ClN5OS. The van der Waals surface area contributed by atoms with Gasteiger partial charge in [-0.05, 0) is 26.0 Å². The molecule has 0 radical (unpaired) electrons. The van der Waals surface area contributed by atoms with Crippen LogP contribution in [-0.4, -0.2) is 24.9 Å². The summed E-state index contributed by atoms with van der Waals surface area (Å²) in [5.74, 6) is 2.02. The summed E-state index contributed by atoms with van der Waals surface area (Å²) in [5.41, 5.74) is 2.07. The van der Waals surface area contributed by atoms with Gasteiger partial charge in [0.2, 0.25) is 11.6 Å². The summed E-state index contributed by atoms with van der Waals surface area (Å²) in [6.45, 7) is 4.53. The maximum Gasteiger partial charge on any atom is 0.297 e. The Kier molecular flexibility index (Phi) is 4.10. The van der Waals surface area contributed by atoms with Crippen LogP contribution in [0.15, 0.2) is 40.9 Å². The van der Waals surface area contributed by atoms with Gasteiger partial charge in [-0.25, -0.2) is 9.67 Å². The third kappa shape index (κ3) is 3.33. The fourth-order valence-corrected chi connectivity index (χ4v) is 3.45. The molecule has 0 saturated carbocycles. The summed E-state index contributed by atoms with van der Waals surface area (Å²) in [7, 11) is 0. The van der Waals surface area contributed by atoms with Crippen molar-refractivity contribution in [3.63, 3.8) is 0 Å². The second kappa shape index (κ2) is 6.42. The highest BCUT2D eigenvalue weighted by Crippen LogP contribution is 2.24. The molecule has 8 heteroatoms. The van der Waals surface area contributed by atoms with E-state index in [1.807, 2.05) is 50.2 Å². The Morgan fingerprint density at radius 2 is 1.84 bits per heavy atom. The van der Waals surface area contributed by atoms with Crippen LogP contribution >= 0.6 is 22.9 Å². The number of hydrogen-bond donors (Lipinski definition) is 0. The lowest BCUT2D eigenvalue weighted by molar-refractivity contribution is 0.429. The van der Waals surface area contributed by atoms with Crippen LogP contribution in [0.3, 0.4) is 0 Å². The van der Waals surface area contributed by atoms with Gasteiger partial charge in [-0.2, -0.15) is 4.98 Å². The van der Waals surface area contributed by atoms with Gasteiger partial charge in [-0.1, -0.05) is 46.6 Å². The molecule has 1 aromatic carbocycles. The largest absolute Gasteiger partial charge is 0.330 e. The number of hydrogen-bond acceptors (Lipinski definition) is 6. The number of aryl methyl sites for hydroxylation is 2. The minimum absolute atomic E-state index is 0.307. The number of thiophene rings is 1. The topological polar surface area (TPSA) is 69.6 Å². The molecule has 0 aliphatic heterocycles. The van der Waals surface area contributed by atoms with Crippen LogP contribution in [0.4, 0.5) is 0 Å². The monoisotopic (exact) mass is 371 g/mol. The molecule has 3 aromatic heterocycles. The number of halogens is 1. The molecule has 0 aliphatic rings. The molecule has 126 valence electrons. The molecule has 0 aliphatic carbocycles. The number of nitrogens with zero attached hydrogens (tertiary/aromatic N) is 5. The van der Waals surface area contributed by atoms with Crippen LogP contribution < -0.4 is 0 Å². The molecule has 25 heavy (non-hydrogen) atoms. The quantitative estimate of drug-likeness (QED) is 0.532. The van der Waals surface area contributed by atoms with E-state index in [0.717, 1.165) is 20.6 Å². The van der Waals surface area contributed by atoms with Gasteiger partial charge in [0.1, 0.15) is 5.82 Å². The number of benzene rings is 1. The van der Waals surface area contributed by atoms with Gasteiger partial charge in [0.25, 0.3) is 5.89 Å². The first-order valence-electron chi connectivity index (χ1n) is 7.65. The first-order chi connectivity index (χ1) is 12.1. The number of rotatable bonds is 4. The second-order valence-corrected chi connectivity index (χ2v) is 7.43. The van der Waals surface area contributed by atoms with Crippen LogP contribution in [0, 0.1) is 13.8 Å². The summed E-state index contributed by atoms with van der Waals surface area (Å²) in [4.78, 5) is 9.95. The van der Waals surface area contributed by atoms with E-state index in [4.69, 9.17) is 16.1 Å². The second-order valence-electron chi connectivity index (χ2n) is 5.64. The van der Waals surface area contributed by atoms with Crippen molar-refractivity contribution in [3.8, 4) is 23.1 Å². The fraction of sp³-hybridized carbons (Fsp3) is 0.176. The lowest BCUT2D eigenvalue weighted by Gasteiger charge is -1.98. The molecule has 0 amide bonds. The van der Waals surface area contributed by atoms with Crippen molar-refractivity contribution in [2.24, 2.45) is 0 Å². The van der Waals surface area contributed by atoms with Crippen LogP contribution in [-0.2, 0) is 6.54 Å². The van der Waals surface area contributed by atoms with E-state index >= 15 is 0 Å². The number of aromatic nitrogens is 5. The summed E-state index contributed by atoms with van der Waals surface area (Å²) in [6.07, 6.45) is 0. The third-order valence-corrected chi connectivity index (χ3v) is 4.93. The van der Waals surface area contributed by atoms with E-state index in [2.05, 4.69) is 20.2 Å². The standard InChI is InChI=1S/C17H14ClN5OS/c1-10-3-5-12(6-4-10)15-20-17(24-22-15)16-19-11(2)23(21-16)9-13-7-8-14(18)25-13/h3-8H,9H2,1-2H3. The molecule has 0 fully saturated rings. The smallest absolute Gasteiger partial charge is 0.297 e. The molecule has 6 nitrogen and oxygen atoms in total. The van der Waals surface area contributed by atoms with Crippen LogP contribution in [0.25, 0.3) is 23.1 Å². The van der Waals surface area contributed by atoms with Crippen molar-refractivity contribution >= 4 is 22.9 Å². The average Bonchev–Trinajstić information content (AvgIpc) is 3.30. The molecule has 4 aromatic rings. The van der Waals surface area contributed by atoms with Crippen LogP contribution in [0.5, 0.6) is 0 Å². The summed E-state index contributed by atoms with van der Waals surface area (Å²) < 4.78 is 7.90. The average molecular weight is 372 g/mol. The zero-order valence-corrected chi connectivity index (χ0v) is 15.2. The van der Waals surface area contributed by atoms with Gasteiger partial charge in [-0.15, -0.1) is 16.4 Å². The molecule has 4 rings (SSSR count). The van der Waals surface area contributed by atoms with Crippen molar-refractivity contribution in [1.82, 2.24) is 24.9 Å². The third-order valence-electron chi connectivity index (χ3n) is 3.72. The van der Waals surface area contributed by atoms with Crippen LogP contribution in [0.1, 0.15) is 16.3 Å². The zero-order chi connectivity index (χ0) is 17.4. The van der Waals surface area contributed by atoms with Gasteiger partial charge < -0.3 is 4.52 Å². The van der Waals surface area contributed by atoms with Crippen molar-refractivity contribution < 1.29 is 4.52 Å². The molecule has 0 N–H and O–H groups in total. The molecule has 0 atom stereocenters. The van der Waals surface area contributed by atoms with Gasteiger partial charge in [0.05, 0.1) is 10.9 Å². The Morgan fingerprint density at radius 1 is 1.04 bits per heavy atom. The normalized spacial score (nSPS) is 11.2. The Bertz CT molecular complexity index is 1020. The van der Waals surface area contributed by atoms with Gasteiger partial charge in [-0.3, -0.25) is 0 Å². The first kappa shape index (κ1) is 16.0. The predicted octanol–water partition coefficient (Wildman–Crippen LogP) is 4.38. The fourth-order valence-electron chi connectivity index (χ4n) is 2.38. The zero-order valence-electron chi connectivity index (χ0n) is 13.6. The molecular weight excluding hydrogens is 358 g/mol. The highest BCUT2D eigenvalue weighted by molar-refractivity contribution is 7.16.